The Labute approximate surface area is 165 Å². The maximum absolute atomic E-state index is 12.8. The SMILES string of the molecule is CC(=O)N[C@H](CC(=O)N1CCN(Cc2cc(C)no2)CC1)c1ccc(C)cc1. The molecule has 0 spiro atoms. The van der Waals surface area contributed by atoms with Crippen molar-refractivity contribution in [2.45, 2.75) is 39.8 Å². The quantitative estimate of drug-likeness (QED) is 0.826. The normalized spacial score (nSPS) is 16.0. The van der Waals surface area contributed by atoms with Crippen molar-refractivity contribution in [3.8, 4) is 0 Å². The number of aromatic nitrogens is 1. The Kier molecular flexibility index (Phi) is 6.46. The average Bonchev–Trinajstić information content (AvgIpc) is 3.06. The zero-order chi connectivity index (χ0) is 20.1. The van der Waals surface area contributed by atoms with Gasteiger partial charge in [-0.25, -0.2) is 0 Å². The van der Waals surface area contributed by atoms with Crippen LogP contribution in [0, 0.1) is 13.8 Å². The van der Waals surface area contributed by atoms with E-state index in [0.29, 0.717) is 19.6 Å². The number of rotatable bonds is 6. The number of nitrogens with one attached hydrogen (secondary N) is 1. The highest BCUT2D eigenvalue weighted by Gasteiger charge is 2.25. The molecule has 2 amide bonds. The minimum atomic E-state index is -0.305. The van der Waals surface area contributed by atoms with Gasteiger partial charge in [0.05, 0.1) is 24.7 Å². The second-order valence-electron chi connectivity index (χ2n) is 7.46. The second kappa shape index (κ2) is 9.01. The van der Waals surface area contributed by atoms with Crippen molar-refractivity contribution in [1.29, 1.82) is 0 Å². The first-order valence-electron chi connectivity index (χ1n) is 9.66. The summed E-state index contributed by atoms with van der Waals surface area (Å²) in [4.78, 5) is 28.6. The van der Waals surface area contributed by atoms with E-state index in [4.69, 9.17) is 4.52 Å². The number of benzene rings is 1. The van der Waals surface area contributed by atoms with E-state index in [1.807, 2.05) is 49.1 Å². The van der Waals surface area contributed by atoms with Gasteiger partial charge in [0, 0.05) is 39.2 Å². The summed E-state index contributed by atoms with van der Waals surface area (Å²) in [5, 5.41) is 6.83. The summed E-state index contributed by atoms with van der Waals surface area (Å²) in [5.41, 5.74) is 2.98. The highest BCUT2D eigenvalue weighted by molar-refractivity contribution is 5.79. The van der Waals surface area contributed by atoms with Crippen LogP contribution in [0.1, 0.15) is 42.0 Å². The molecule has 2 heterocycles. The van der Waals surface area contributed by atoms with Crippen molar-refractivity contribution in [2.24, 2.45) is 0 Å². The molecule has 7 nitrogen and oxygen atoms in total. The van der Waals surface area contributed by atoms with Crippen LogP contribution in [-0.2, 0) is 16.1 Å². The highest BCUT2D eigenvalue weighted by atomic mass is 16.5. The molecule has 1 aliphatic heterocycles. The van der Waals surface area contributed by atoms with Crippen molar-refractivity contribution in [1.82, 2.24) is 20.3 Å². The van der Waals surface area contributed by atoms with Gasteiger partial charge in [0.25, 0.3) is 0 Å². The molecule has 7 heteroatoms. The fourth-order valence-electron chi connectivity index (χ4n) is 3.47. The van der Waals surface area contributed by atoms with Gasteiger partial charge in [-0.2, -0.15) is 0 Å². The predicted molar refractivity (Wildman–Crippen MR) is 105 cm³/mol. The first-order valence-corrected chi connectivity index (χ1v) is 9.66. The van der Waals surface area contributed by atoms with Crippen molar-refractivity contribution in [3.05, 3.63) is 52.9 Å². The fraction of sp³-hybridized carbons (Fsp3) is 0.476. The van der Waals surface area contributed by atoms with Crippen LogP contribution in [0.4, 0.5) is 0 Å². The molecule has 3 rings (SSSR count). The number of aryl methyl sites for hydroxylation is 2. The monoisotopic (exact) mass is 384 g/mol. The molecule has 0 radical (unpaired) electrons. The van der Waals surface area contributed by atoms with Gasteiger partial charge in [0.15, 0.2) is 5.76 Å². The number of carbonyl (C=O) groups is 2. The summed E-state index contributed by atoms with van der Waals surface area (Å²) in [6, 6.07) is 9.58. The Hall–Kier alpha value is -2.67. The third-order valence-electron chi connectivity index (χ3n) is 5.02. The first kappa shape index (κ1) is 20.1. The van der Waals surface area contributed by atoms with Gasteiger partial charge >= 0.3 is 0 Å². The molecule has 0 aliphatic carbocycles. The summed E-state index contributed by atoms with van der Waals surface area (Å²) in [6.07, 6.45) is 0.268. The van der Waals surface area contributed by atoms with E-state index in [9.17, 15) is 9.59 Å². The molecule has 28 heavy (non-hydrogen) atoms. The summed E-state index contributed by atoms with van der Waals surface area (Å²) in [7, 11) is 0. The fourth-order valence-corrected chi connectivity index (χ4v) is 3.47. The van der Waals surface area contributed by atoms with Crippen LogP contribution in [0.3, 0.4) is 0 Å². The summed E-state index contributed by atoms with van der Waals surface area (Å²) < 4.78 is 5.28. The van der Waals surface area contributed by atoms with E-state index in [1.165, 1.54) is 6.92 Å². The maximum atomic E-state index is 12.8. The number of carbonyl (C=O) groups excluding carboxylic acids is 2. The van der Waals surface area contributed by atoms with Crippen LogP contribution in [0.25, 0.3) is 0 Å². The van der Waals surface area contributed by atoms with Crippen LogP contribution < -0.4 is 5.32 Å². The summed E-state index contributed by atoms with van der Waals surface area (Å²) in [5.74, 6) is 0.780. The minimum absolute atomic E-state index is 0.0643. The highest BCUT2D eigenvalue weighted by Crippen LogP contribution is 2.20. The largest absolute Gasteiger partial charge is 0.360 e. The Morgan fingerprint density at radius 2 is 1.82 bits per heavy atom. The van der Waals surface area contributed by atoms with Gasteiger partial charge in [-0.05, 0) is 19.4 Å². The Morgan fingerprint density at radius 1 is 1.14 bits per heavy atom. The van der Waals surface area contributed by atoms with Gasteiger partial charge < -0.3 is 14.7 Å². The van der Waals surface area contributed by atoms with E-state index in [2.05, 4.69) is 15.4 Å². The standard InChI is InChI=1S/C21H28N4O3/c1-15-4-6-18(7-5-15)20(22-17(3)26)13-21(27)25-10-8-24(9-11-25)14-19-12-16(2)23-28-19/h4-7,12,20H,8-11,13-14H2,1-3H3,(H,22,26)/t20-/m1/s1. The molecule has 1 aromatic carbocycles. The van der Waals surface area contributed by atoms with Crippen LogP contribution in [0.15, 0.2) is 34.9 Å². The molecule has 1 fully saturated rings. The number of hydrogen-bond donors (Lipinski definition) is 1. The van der Waals surface area contributed by atoms with Gasteiger partial charge in [0.1, 0.15) is 0 Å². The molecule has 0 saturated carbocycles. The number of nitrogens with zero attached hydrogens (tertiary/aromatic N) is 3. The zero-order valence-electron chi connectivity index (χ0n) is 16.8. The Morgan fingerprint density at radius 3 is 2.39 bits per heavy atom. The lowest BCUT2D eigenvalue weighted by atomic mass is 10.0. The number of hydrogen-bond acceptors (Lipinski definition) is 5. The molecule has 1 saturated heterocycles. The molecule has 1 atom stereocenters. The van der Waals surface area contributed by atoms with Crippen molar-refractivity contribution >= 4 is 11.8 Å². The molecule has 1 N–H and O–H groups in total. The van der Waals surface area contributed by atoms with Gasteiger partial charge in [-0.15, -0.1) is 0 Å². The van der Waals surface area contributed by atoms with Crippen LogP contribution in [-0.4, -0.2) is 52.9 Å². The van der Waals surface area contributed by atoms with Crippen molar-refractivity contribution in [3.63, 3.8) is 0 Å². The molecule has 0 bridgehead atoms. The predicted octanol–water partition coefficient (Wildman–Crippen LogP) is 2.20. The molecule has 1 aromatic heterocycles. The summed E-state index contributed by atoms with van der Waals surface area (Å²) in [6.45, 7) is 9.04. The van der Waals surface area contributed by atoms with Crippen LogP contribution >= 0.6 is 0 Å². The molecular formula is C21H28N4O3. The van der Waals surface area contributed by atoms with Crippen LogP contribution in [0.5, 0.6) is 0 Å². The van der Waals surface area contributed by atoms with Gasteiger partial charge in [0.2, 0.25) is 11.8 Å². The molecule has 150 valence electrons. The third-order valence-corrected chi connectivity index (χ3v) is 5.02. The zero-order valence-corrected chi connectivity index (χ0v) is 16.8. The average molecular weight is 384 g/mol. The topological polar surface area (TPSA) is 78.7 Å². The lowest BCUT2D eigenvalue weighted by Crippen LogP contribution is -2.49. The third kappa shape index (κ3) is 5.42. The smallest absolute Gasteiger partial charge is 0.225 e. The molecule has 2 aromatic rings. The number of amides is 2. The van der Waals surface area contributed by atoms with E-state index in [0.717, 1.165) is 35.7 Å². The maximum Gasteiger partial charge on any atom is 0.225 e. The van der Waals surface area contributed by atoms with Gasteiger partial charge in [-0.3, -0.25) is 14.5 Å². The van der Waals surface area contributed by atoms with E-state index >= 15 is 0 Å². The minimum Gasteiger partial charge on any atom is -0.360 e. The second-order valence-corrected chi connectivity index (χ2v) is 7.46. The molecule has 1 aliphatic rings. The van der Waals surface area contributed by atoms with E-state index in [1.54, 1.807) is 0 Å². The van der Waals surface area contributed by atoms with Crippen molar-refractivity contribution < 1.29 is 14.1 Å². The van der Waals surface area contributed by atoms with E-state index < -0.39 is 0 Å². The summed E-state index contributed by atoms with van der Waals surface area (Å²) >= 11 is 0. The molecular weight excluding hydrogens is 356 g/mol. The van der Waals surface area contributed by atoms with Crippen molar-refractivity contribution in [2.75, 3.05) is 26.2 Å². The number of piperazine rings is 1. The Bertz CT molecular complexity index is 807. The lowest BCUT2D eigenvalue weighted by Gasteiger charge is -2.35. The first-order chi connectivity index (χ1) is 13.4. The van der Waals surface area contributed by atoms with Gasteiger partial charge in [-0.1, -0.05) is 35.0 Å². The lowest BCUT2D eigenvalue weighted by molar-refractivity contribution is -0.133. The Balaban J connectivity index is 1.55. The molecule has 0 unspecified atom stereocenters. The van der Waals surface area contributed by atoms with E-state index in [-0.39, 0.29) is 24.3 Å². The van der Waals surface area contributed by atoms with Crippen LogP contribution in [0.2, 0.25) is 0 Å².